The Kier molecular flexibility index (Phi) is 16.8. The van der Waals surface area contributed by atoms with E-state index in [0.29, 0.717) is 6.61 Å². The highest BCUT2D eigenvalue weighted by Crippen LogP contribution is 2.20. The lowest BCUT2D eigenvalue weighted by atomic mass is 10.1. The lowest BCUT2D eigenvalue weighted by Gasteiger charge is -2.20. The Hall–Kier alpha value is -0.460. The van der Waals surface area contributed by atoms with E-state index in [1.807, 2.05) is 0 Å². The molecule has 3 N–H and O–H groups in total. The van der Waals surface area contributed by atoms with Crippen molar-refractivity contribution >= 4 is 0 Å². The van der Waals surface area contributed by atoms with Crippen LogP contribution in [0.4, 0.5) is 0 Å². The Morgan fingerprint density at radius 2 is 1.45 bits per heavy atom. The van der Waals surface area contributed by atoms with E-state index in [1.165, 1.54) is 77.0 Å². The van der Waals surface area contributed by atoms with Crippen LogP contribution in [-0.2, 0) is 9.47 Å². The molecule has 0 unspecified atom stereocenters. The molecule has 0 saturated carbocycles. The zero-order valence-electron chi connectivity index (χ0n) is 18.6. The molecule has 1 fully saturated rings. The molecule has 5 heteroatoms. The first-order valence-electron chi connectivity index (χ1n) is 12.1. The molecule has 0 amide bonds. The molecule has 4 atom stereocenters. The molecule has 1 saturated heterocycles. The van der Waals surface area contributed by atoms with Gasteiger partial charge in [0.05, 0.1) is 13.2 Å². The van der Waals surface area contributed by atoms with E-state index in [9.17, 15) is 10.2 Å². The van der Waals surface area contributed by atoms with Gasteiger partial charge in [-0.15, -0.1) is 0 Å². The van der Waals surface area contributed by atoms with Crippen LogP contribution < -0.4 is 0 Å². The largest absolute Gasteiger partial charge is 0.394 e. The van der Waals surface area contributed by atoms with Gasteiger partial charge in [-0.1, -0.05) is 76.9 Å². The highest BCUT2D eigenvalue weighted by atomic mass is 16.6. The molecule has 1 rings (SSSR count). The van der Waals surface area contributed by atoms with Gasteiger partial charge in [-0.05, 0) is 32.1 Å². The van der Waals surface area contributed by atoms with Crippen LogP contribution in [0.5, 0.6) is 0 Å². The molecule has 0 aromatic carbocycles. The summed E-state index contributed by atoms with van der Waals surface area (Å²) in [4.78, 5) is 0. The lowest BCUT2D eigenvalue weighted by Crippen LogP contribution is -2.41. The average molecular weight is 415 g/mol. The summed E-state index contributed by atoms with van der Waals surface area (Å²) in [5.41, 5.74) is 0. The summed E-state index contributed by atoms with van der Waals surface area (Å²) in [7, 11) is 0. The minimum Gasteiger partial charge on any atom is -0.394 e. The molecule has 1 aliphatic heterocycles. The van der Waals surface area contributed by atoms with Crippen molar-refractivity contribution in [3.05, 3.63) is 12.2 Å². The SMILES string of the molecule is CCCCC/C=C/CCCCCCCCCCCO[C@H]1CO[C@@H]([C@H](O)CO)[C@H]1O. The van der Waals surface area contributed by atoms with Crippen molar-refractivity contribution in [2.45, 2.75) is 121 Å². The quantitative estimate of drug-likeness (QED) is 0.214. The molecule has 1 aliphatic rings. The summed E-state index contributed by atoms with van der Waals surface area (Å²) in [5, 5.41) is 28.6. The summed E-state index contributed by atoms with van der Waals surface area (Å²) < 4.78 is 11.0. The van der Waals surface area contributed by atoms with Crippen LogP contribution in [0.2, 0.25) is 0 Å². The van der Waals surface area contributed by atoms with Crippen LogP contribution in [0.15, 0.2) is 12.2 Å². The van der Waals surface area contributed by atoms with E-state index >= 15 is 0 Å². The van der Waals surface area contributed by atoms with Crippen molar-refractivity contribution < 1.29 is 24.8 Å². The van der Waals surface area contributed by atoms with Gasteiger partial charge in [0.2, 0.25) is 0 Å². The number of ether oxygens (including phenoxy) is 2. The molecule has 0 aliphatic carbocycles. The number of hydrogen-bond acceptors (Lipinski definition) is 5. The Morgan fingerprint density at radius 1 is 0.897 bits per heavy atom. The van der Waals surface area contributed by atoms with E-state index in [4.69, 9.17) is 14.6 Å². The van der Waals surface area contributed by atoms with Crippen LogP contribution in [-0.4, -0.2) is 59.6 Å². The van der Waals surface area contributed by atoms with Crippen molar-refractivity contribution in [3.63, 3.8) is 0 Å². The van der Waals surface area contributed by atoms with E-state index in [1.54, 1.807) is 0 Å². The van der Waals surface area contributed by atoms with Gasteiger partial charge in [-0.25, -0.2) is 0 Å². The van der Waals surface area contributed by atoms with Crippen LogP contribution in [0, 0.1) is 0 Å². The maximum absolute atomic E-state index is 10.1. The average Bonchev–Trinajstić information content (AvgIpc) is 3.10. The maximum atomic E-state index is 10.1. The van der Waals surface area contributed by atoms with Gasteiger partial charge in [-0.3, -0.25) is 0 Å². The molecule has 29 heavy (non-hydrogen) atoms. The summed E-state index contributed by atoms with van der Waals surface area (Å²) in [5.74, 6) is 0. The third-order valence-electron chi connectivity index (χ3n) is 5.72. The molecular weight excluding hydrogens is 368 g/mol. The summed E-state index contributed by atoms with van der Waals surface area (Å²) in [6.45, 7) is 2.72. The predicted molar refractivity (Wildman–Crippen MR) is 118 cm³/mol. The molecule has 1 heterocycles. The molecule has 0 aromatic rings. The Labute approximate surface area is 178 Å². The van der Waals surface area contributed by atoms with E-state index in [-0.39, 0.29) is 6.61 Å². The first-order chi connectivity index (χ1) is 14.2. The second-order valence-corrected chi connectivity index (χ2v) is 8.39. The van der Waals surface area contributed by atoms with Crippen molar-refractivity contribution in [2.24, 2.45) is 0 Å². The fourth-order valence-corrected chi connectivity index (χ4v) is 3.79. The Bertz CT molecular complexity index is 387. The van der Waals surface area contributed by atoms with E-state index in [0.717, 1.165) is 12.8 Å². The third kappa shape index (κ3) is 12.7. The van der Waals surface area contributed by atoms with Crippen LogP contribution in [0.1, 0.15) is 96.8 Å². The van der Waals surface area contributed by atoms with Gasteiger partial charge in [0.1, 0.15) is 24.4 Å². The van der Waals surface area contributed by atoms with E-state index in [2.05, 4.69) is 19.1 Å². The molecule has 0 bridgehead atoms. The maximum Gasteiger partial charge on any atom is 0.114 e. The number of allylic oxidation sites excluding steroid dienone is 2. The van der Waals surface area contributed by atoms with Crippen molar-refractivity contribution in [2.75, 3.05) is 19.8 Å². The molecular formula is C24H46O5. The highest BCUT2D eigenvalue weighted by molar-refractivity contribution is 4.88. The first-order valence-corrected chi connectivity index (χ1v) is 12.1. The number of aliphatic hydroxyl groups excluding tert-OH is 3. The number of rotatable bonds is 19. The fraction of sp³-hybridized carbons (Fsp3) is 0.917. The normalized spacial score (nSPS) is 23.2. The molecule has 0 spiro atoms. The first kappa shape index (κ1) is 26.6. The van der Waals surface area contributed by atoms with Gasteiger partial charge in [0.15, 0.2) is 0 Å². The number of aliphatic hydroxyl groups is 3. The topological polar surface area (TPSA) is 79.2 Å². The minimum absolute atomic E-state index is 0.275. The zero-order valence-corrected chi connectivity index (χ0v) is 18.6. The monoisotopic (exact) mass is 414 g/mol. The second kappa shape index (κ2) is 18.3. The molecule has 172 valence electrons. The summed E-state index contributed by atoms with van der Waals surface area (Å²) in [6, 6.07) is 0. The second-order valence-electron chi connectivity index (χ2n) is 8.39. The van der Waals surface area contributed by atoms with Crippen LogP contribution >= 0.6 is 0 Å². The summed E-state index contributed by atoms with van der Waals surface area (Å²) >= 11 is 0. The van der Waals surface area contributed by atoms with Gasteiger partial charge in [-0.2, -0.15) is 0 Å². The lowest BCUT2D eigenvalue weighted by molar-refractivity contribution is -0.0730. The number of unbranched alkanes of at least 4 members (excludes halogenated alkanes) is 12. The zero-order chi connectivity index (χ0) is 21.2. The van der Waals surface area contributed by atoms with Gasteiger partial charge in [0.25, 0.3) is 0 Å². The van der Waals surface area contributed by atoms with Crippen molar-refractivity contribution in [1.82, 2.24) is 0 Å². The van der Waals surface area contributed by atoms with Gasteiger partial charge < -0.3 is 24.8 Å². The van der Waals surface area contributed by atoms with Crippen LogP contribution in [0.25, 0.3) is 0 Å². The molecule has 0 radical (unpaired) electrons. The Morgan fingerprint density at radius 3 is 2.03 bits per heavy atom. The van der Waals surface area contributed by atoms with Crippen LogP contribution in [0.3, 0.4) is 0 Å². The Balaban J connectivity index is 1.82. The van der Waals surface area contributed by atoms with Crippen molar-refractivity contribution in [3.8, 4) is 0 Å². The predicted octanol–water partition coefficient (Wildman–Crippen LogP) is 4.52. The third-order valence-corrected chi connectivity index (χ3v) is 5.72. The smallest absolute Gasteiger partial charge is 0.114 e. The summed E-state index contributed by atoms with van der Waals surface area (Å²) in [6.07, 6.45) is 19.5. The number of hydrogen-bond donors (Lipinski definition) is 3. The van der Waals surface area contributed by atoms with Gasteiger partial charge >= 0.3 is 0 Å². The minimum atomic E-state index is -1.05. The molecule has 0 aromatic heterocycles. The standard InChI is InChI=1S/C24H46O5/c1-2-3-4-5-6-7-8-9-10-11-12-13-14-15-16-17-18-28-22-20-29-24(23(22)27)21(26)19-25/h6-7,21-27H,2-5,8-20H2,1H3/b7-6+/t21-,22+,23+,24+/m1/s1. The molecule has 5 nitrogen and oxygen atoms in total. The highest BCUT2D eigenvalue weighted by Gasteiger charge is 2.40. The van der Waals surface area contributed by atoms with Gasteiger partial charge in [0, 0.05) is 6.61 Å². The fourth-order valence-electron chi connectivity index (χ4n) is 3.79. The van der Waals surface area contributed by atoms with Crippen molar-refractivity contribution in [1.29, 1.82) is 0 Å². The van der Waals surface area contributed by atoms with E-state index < -0.39 is 31.0 Å².